The summed E-state index contributed by atoms with van der Waals surface area (Å²) >= 11 is 0. The van der Waals surface area contributed by atoms with Crippen molar-refractivity contribution in [3.63, 3.8) is 0 Å². The Bertz CT molecular complexity index is 783. The lowest BCUT2D eigenvalue weighted by Gasteiger charge is -2.12. The first kappa shape index (κ1) is 15.1. The second-order valence-corrected chi connectivity index (χ2v) is 6.38. The molecule has 0 radical (unpaired) electrons. The van der Waals surface area contributed by atoms with E-state index in [-0.39, 0.29) is 0 Å². The van der Waals surface area contributed by atoms with E-state index in [2.05, 4.69) is 53.4 Å². The van der Waals surface area contributed by atoms with Gasteiger partial charge in [0.05, 0.1) is 6.10 Å². The normalized spacial score (nSPS) is 20.5. The summed E-state index contributed by atoms with van der Waals surface area (Å²) in [7, 11) is 0. The van der Waals surface area contributed by atoms with Crippen LogP contribution in [-0.2, 0) is 0 Å². The molecule has 1 fully saturated rings. The minimum Gasteiger partial charge on any atom is -0.387 e. The van der Waals surface area contributed by atoms with Gasteiger partial charge in [0.25, 0.3) is 0 Å². The highest BCUT2D eigenvalue weighted by Crippen LogP contribution is 2.37. The summed E-state index contributed by atoms with van der Waals surface area (Å²) in [6.07, 6.45) is -0.417. The van der Waals surface area contributed by atoms with Crippen molar-refractivity contribution < 1.29 is 5.11 Å². The van der Waals surface area contributed by atoms with Crippen molar-refractivity contribution in [2.75, 3.05) is 13.1 Å². The van der Waals surface area contributed by atoms with Crippen molar-refractivity contribution in [2.24, 2.45) is 0 Å². The van der Waals surface area contributed by atoms with Crippen molar-refractivity contribution >= 4 is 0 Å². The van der Waals surface area contributed by atoms with Gasteiger partial charge in [0, 0.05) is 19.1 Å². The Kier molecular flexibility index (Phi) is 4.16. The molecule has 3 atom stereocenters. The molecule has 2 nitrogen and oxygen atoms in total. The van der Waals surface area contributed by atoms with E-state index in [0.29, 0.717) is 12.6 Å². The first-order valence-corrected chi connectivity index (χ1v) is 8.44. The molecule has 0 aromatic heterocycles. The fourth-order valence-corrected chi connectivity index (χ4v) is 3.22. The van der Waals surface area contributed by atoms with E-state index in [4.69, 9.17) is 0 Å². The maximum Gasteiger partial charge on any atom is 0.0917 e. The quantitative estimate of drug-likeness (QED) is 0.703. The minimum absolute atomic E-state index is 0.417. The highest BCUT2D eigenvalue weighted by atomic mass is 16.3. The second-order valence-electron chi connectivity index (χ2n) is 6.38. The fourth-order valence-electron chi connectivity index (χ4n) is 3.22. The molecule has 0 saturated carbocycles. The molecule has 4 rings (SSSR count). The van der Waals surface area contributed by atoms with Crippen LogP contribution in [-0.4, -0.2) is 23.1 Å². The molecule has 0 bridgehead atoms. The SMILES string of the molecule is OC(CN1CC1c1ccc(-c2ccccc2)cc1)c1ccccc1. The van der Waals surface area contributed by atoms with Crippen LogP contribution in [0.15, 0.2) is 84.9 Å². The van der Waals surface area contributed by atoms with Crippen molar-refractivity contribution in [1.29, 1.82) is 0 Å². The number of aliphatic hydroxyl groups is 1. The lowest BCUT2D eigenvalue weighted by Crippen LogP contribution is -2.11. The van der Waals surface area contributed by atoms with E-state index in [1.807, 2.05) is 36.4 Å². The maximum absolute atomic E-state index is 10.3. The molecule has 3 unspecified atom stereocenters. The fraction of sp³-hybridized carbons (Fsp3) is 0.182. The van der Waals surface area contributed by atoms with E-state index in [9.17, 15) is 5.11 Å². The van der Waals surface area contributed by atoms with Crippen molar-refractivity contribution in [2.45, 2.75) is 12.1 Å². The van der Waals surface area contributed by atoms with E-state index in [1.54, 1.807) is 0 Å². The molecule has 1 N–H and O–H groups in total. The summed E-state index contributed by atoms with van der Waals surface area (Å²) < 4.78 is 0. The summed E-state index contributed by atoms with van der Waals surface area (Å²) in [5, 5.41) is 10.3. The summed E-state index contributed by atoms with van der Waals surface area (Å²) in [6.45, 7) is 1.71. The highest BCUT2D eigenvalue weighted by molar-refractivity contribution is 5.63. The second kappa shape index (κ2) is 6.60. The summed E-state index contributed by atoms with van der Waals surface area (Å²) in [4.78, 5) is 2.31. The van der Waals surface area contributed by atoms with Gasteiger partial charge in [0.1, 0.15) is 0 Å². The first-order chi connectivity index (χ1) is 11.8. The lowest BCUT2D eigenvalue weighted by molar-refractivity contribution is 0.153. The Morgan fingerprint density at radius 3 is 2.04 bits per heavy atom. The molecule has 3 aromatic carbocycles. The average Bonchev–Trinajstić information content (AvgIpc) is 3.42. The lowest BCUT2D eigenvalue weighted by atomic mass is 10.0. The van der Waals surface area contributed by atoms with Crippen LogP contribution in [0.3, 0.4) is 0 Å². The number of rotatable bonds is 5. The molecule has 0 amide bonds. The number of β-amino-alcohol motifs (C(OH)–C–C–N with tert-alkyl or cyclic N) is 1. The zero-order valence-electron chi connectivity index (χ0n) is 13.5. The standard InChI is InChI=1S/C22H21NO/c24-22(20-9-5-2-6-10-20)16-23-15-21(23)19-13-11-18(12-14-19)17-7-3-1-4-8-17/h1-14,21-22,24H,15-16H2. The summed E-state index contributed by atoms with van der Waals surface area (Å²) in [5.41, 5.74) is 4.81. The number of aliphatic hydroxyl groups excluding tert-OH is 1. The Morgan fingerprint density at radius 1 is 0.792 bits per heavy atom. The van der Waals surface area contributed by atoms with E-state index >= 15 is 0 Å². The third kappa shape index (κ3) is 3.25. The van der Waals surface area contributed by atoms with Gasteiger partial charge in [-0.25, -0.2) is 0 Å². The summed E-state index contributed by atoms with van der Waals surface area (Å²) in [5.74, 6) is 0. The van der Waals surface area contributed by atoms with Crippen LogP contribution in [0.1, 0.15) is 23.3 Å². The topological polar surface area (TPSA) is 23.2 Å². The molecule has 24 heavy (non-hydrogen) atoms. The number of hydrogen-bond acceptors (Lipinski definition) is 2. The Labute approximate surface area is 143 Å². The number of hydrogen-bond donors (Lipinski definition) is 1. The van der Waals surface area contributed by atoms with Crippen LogP contribution in [0.5, 0.6) is 0 Å². The zero-order valence-corrected chi connectivity index (χ0v) is 13.5. The van der Waals surface area contributed by atoms with E-state index in [1.165, 1.54) is 16.7 Å². The van der Waals surface area contributed by atoms with Gasteiger partial charge in [-0.1, -0.05) is 84.9 Å². The van der Waals surface area contributed by atoms with Crippen molar-refractivity contribution in [3.05, 3.63) is 96.1 Å². The molecule has 3 aromatic rings. The van der Waals surface area contributed by atoms with Gasteiger partial charge < -0.3 is 5.11 Å². The highest BCUT2D eigenvalue weighted by Gasteiger charge is 2.36. The van der Waals surface area contributed by atoms with Gasteiger partial charge in [-0.05, 0) is 22.3 Å². The predicted molar refractivity (Wildman–Crippen MR) is 97.6 cm³/mol. The van der Waals surface area contributed by atoms with Gasteiger partial charge in [-0.3, -0.25) is 4.90 Å². The van der Waals surface area contributed by atoms with E-state index in [0.717, 1.165) is 12.1 Å². The first-order valence-electron chi connectivity index (χ1n) is 8.44. The van der Waals surface area contributed by atoms with Gasteiger partial charge in [-0.15, -0.1) is 0 Å². The molecule has 1 heterocycles. The largest absolute Gasteiger partial charge is 0.387 e. The monoisotopic (exact) mass is 315 g/mol. The smallest absolute Gasteiger partial charge is 0.0917 e. The number of benzene rings is 3. The van der Waals surface area contributed by atoms with Gasteiger partial charge in [0.15, 0.2) is 0 Å². The van der Waals surface area contributed by atoms with Crippen LogP contribution in [0, 0.1) is 0 Å². The third-order valence-corrected chi connectivity index (χ3v) is 4.71. The molecule has 0 aliphatic carbocycles. The van der Waals surface area contributed by atoms with Crippen LogP contribution < -0.4 is 0 Å². The molecular formula is C22H21NO. The third-order valence-electron chi connectivity index (χ3n) is 4.71. The summed E-state index contributed by atoms with van der Waals surface area (Å²) in [6, 6.07) is 29.6. The van der Waals surface area contributed by atoms with Crippen LogP contribution >= 0.6 is 0 Å². The Morgan fingerprint density at radius 2 is 1.38 bits per heavy atom. The van der Waals surface area contributed by atoms with Crippen LogP contribution in [0.4, 0.5) is 0 Å². The van der Waals surface area contributed by atoms with Crippen LogP contribution in [0.2, 0.25) is 0 Å². The Hall–Kier alpha value is -2.42. The molecule has 1 saturated heterocycles. The van der Waals surface area contributed by atoms with Gasteiger partial charge >= 0.3 is 0 Å². The van der Waals surface area contributed by atoms with E-state index < -0.39 is 6.10 Å². The molecule has 2 heteroatoms. The van der Waals surface area contributed by atoms with Crippen molar-refractivity contribution in [1.82, 2.24) is 4.90 Å². The Balaban J connectivity index is 1.40. The molecule has 120 valence electrons. The van der Waals surface area contributed by atoms with Gasteiger partial charge in [0.2, 0.25) is 0 Å². The minimum atomic E-state index is -0.417. The van der Waals surface area contributed by atoms with Crippen LogP contribution in [0.25, 0.3) is 11.1 Å². The van der Waals surface area contributed by atoms with Crippen molar-refractivity contribution in [3.8, 4) is 11.1 Å². The average molecular weight is 315 g/mol. The molecule has 0 spiro atoms. The maximum atomic E-state index is 10.3. The predicted octanol–water partition coefficient (Wildman–Crippen LogP) is 4.44. The molecular weight excluding hydrogens is 294 g/mol. The molecule has 1 aliphatic rings. The molecule has 1 aliphatic heterocycles. The van der Waals surface area contributed by atoms with Gasteiger partial charge in [-0.2, -0.15) is 0 Å². The number of nitrogens with zero attached hydrogens (tertiary/aromatic N) is 1. The zero-order chi connectivity index (χ0) is 16.4.